The van der Waals surface area contributed by atoms with E-state index in [2.05, 4.69) is 35.0 Å². The van der Waals surface area contributed by atoms with E-state index in [0.29, 0.717) is 0 Å². The molecule has 3 aliphatic rings. The maximum atomic E-state index is 13.3. The predicted octanol–water partition coefficient (Wildman–Crippen LogP) is -3.04. The van der Waals surface area contributed by atoms with Crippen molar-refractivity contribution in [3.8, 4) is 0 Å². The summed E-state index contributed by atoms with van der Waals surface area (Å²) in [5.41, 5.74) is 9.90. The van der Waals surface area contributed by atoms with E-state index in [1.165, 1.54) is 21.8 Å². The number of imidazole rings is 2. The molecule has 248 valence electrons. The molecular formula is C21H27N11O11P2S. The van der Waals surface area contributed by atoms with Crippen LogP contribution >= 0.6 is 14.2 Å². The van der Waals surface area contributed by atoms with E-state index < -0.39 is 87.4 Å². The minimum atomic E-state index is -4.74. The lowest BCUT2D eigenvalue weighted by Crippen LogP contribution is -2.45. The highest BCUT2D eigenvalue weighted by Gasteiger charge is 2.52. The molecule has 46 heavy (non-hydrogen) atoms. The second kappa shape index (κ2) is 11.2. The zero-order chi connectivity index (χ0) is 32.7. The maximum absolute atomic E-state index is 13.3. The molecular weight excluding hydrogens is 676 g/mol. The Labute approximate surface area is 260 Å². The monoisotopic (exact) mass is 703 g/mol. The van der Waals surface area contributed by atoms with Crippen molar-refractivity contribution >= 4 is 60.3 Å². The first-order chi connectivity index (χ1) is 21.7. The molecule has 0 aromatic carbocycles. The van der Waals surface area contributed by atoms with Gasteiger partial charge in [-0.1, -0.05) is 0 Å². The number of hydrogen-bond donors (Lipinski definition) is 9. The summed E-state index contributed by atoms with van der Waals surface area (Å²) in [5, 5.41) is 25.0. The molecule has 22 nitrogen and oxygen atoms in total. The zero-order valence-electron chi connectivity index (χ0n) is 23.2. The van der Waals surface area contributed by atoms with Crippen LogP contribution in [0.2, 0.25) is 0 Å². The van der Waals surface area contributed by atoms with Gasteiger partial charge in [0.25, 0.3) is 11.1 Å². The molecule has 25 heteroatoms. The summed E-state index contributed by atoms with van der Waals surface area (Å²) in [6.45, 7) is -4.80. The van der Waals surface area contributed by atoms with Gasteiger partial charge in [-0.3, -0.25) is 33.2 Å². The highest BCUT2D eigenvalue weighted by atomic mass is 32.5. The Bertz CT molecular complexity index is 1910. The topological polar surface area (TPSA) is 326 Å². The average molecular weight is 704 g/mol. The number of aliphatic hydroxyl groups excluding tert-OH is 2. The SMILES string of the molecule is Nc1nc2c(ncn2[C@@H]2O[C@@H]3COP(=O)(O)N[C@H]4[C@@H](O)[C@H](n5cnc6c(=O)[nH]c(N)nc65)O[C@@H]4COP(O)(=S)C[C@H]3[C@H]2O)c(=O)[nH]1. The third-order valence-corrected chi connectivity index (χ3v) is 11.3. The third kappa shape index (κ3) is 5.47. The molecule has 3 fully saturated rings. The fourth-order valence-corrected chi connectivity index (χ4v) is 9.14. The zero-order valence-corrected chi connectivity index (χ0v) is 25.8. The number of nitrogen functional groups attached to an aromatic ring is 2. The standard InChI is InChI=1S/C21H27N11O11P2S/c22-20-26-14-10(16(35)28-20)24-4-31(14)18-12(33)6-3-44(37,46)40-2-8-9(30-45(38,39)41-1-7(6)42-18)13(34)19(43-8)32-5-25-11-15(32)27-21(23)29-17(11)36/h4-9,12-13,18-19,33-34H,1-3H2,(H,37,46)(H2,30,38,39)(H3,22,26,28,35)(H3,23,27,29,36)/t6-,7-,8-,9-,12-,13-,18-,19-,44?/m1/s1. The van der Waals surface area contributed by atoms with Crippen LogP contribution in [0.1, 0.15) is 12.5 Å². The number of aromatic nitrogens is 8. The minimum Gasteiger partial charge on any atom is -0.388 e. The van der Waals surface area contributed by atoms with E-state index in [0.717, 1.165) is 0 Å². The van der Waals surface area contributed by atoms with E-state index in [9.17, 15) is 34.2 Å². The Kier molecular flexibility index (Phi) is 7.66. The van der Waals surface area contributed by atoms with E-state index in [1.54, 1.807) is 0 Å². The van der Waals surface area contributed by atoms with Crippen molar-refractivity contribution < 1.29 is 43.1 Å². The van der Waals surface area contributed by atoms with Gasteiger partial charge in [0.05, 0.1) is 38.0 Å². The first-order valence-corrected chi connectivity index (χ1v) is 18.0. The van der Waals surface area contributed by atoms with E-state index in [4.69, 9.17) is 41.8 Å². The van der Waals surface area contributed by atoms with Crippen LogP contribution in [0.3, 0.4) is 0 Å². The highest BCUT2D eigenvalue weighted by Crippen LogP contribution is 2.52. The van der Waals surface area contributed by atoms with Crippen LogP contribution in [0.15, 0.2) is 22.2 Å². The number of hydrogen-bond acceptors (Lipinski definition) is 16. The van der Waals surface area contributed by atoms with Crippen molar-refractivity contribution in [1.82, 2.24) is 44.1 Å². The molecule has 2 unspecified atom stereocenters. The lowest BCUT2D eigenvalue weighted by atomic mass is 10.0. The van der Waals surface area contributed by atoms with Crippen LogP contribution in [0.25, 0.3) is 22.3 Å². The Morgan fingerprint density at radius 2 is 1.39 bits per heavy atom. The summed E-state index contributed by atoms with van der Waals surface area (Å²) in [5.74, 6) is -1.43. The van der Waals surface area contributed by atoms with Crippen molar-refractivity contribution in [3.05, 3.63) is 33.4 Å². The van der Waals surface area contributed by atoms with E-state index >= 15 is 0 Å². The van der Waals surface area contributed by atoms with E-state index in [1.807, 2.05) is 0 Å². The summed E-state index contributed by atoms with van der Waals surface area (Å²) >= 11 is 5.41. The number of nitrogens with one attached hydrogen (secondary N) is 3. The van der Waals surface area contributed by atoms with Gasteiger partial charge in [-0.05, 0) is 11.8 Å². The number of ether oxygens (including phenoxy) is 2. The number of nitrogens with zero attached hydrogens (tertiary/aromatic N) is 6. The average Bonchev–Trinajstić information content (AvgIpc) is 3.72. The Morgan fingerprint density at radius 1 is 0.870 bits per heavy atom. The fraction of sp³-hybridized carbons (Fsp3) is 0.524. The fourth-order valence-electron chi connectivity index (χ4n) is 5.85. The van der Waals surface area contributed by atoms with Gasteiger partial charge in [-0.2, -0.15) is 9.97 Å². The van der Waals surface area contributed by atoms with Crippen molar-refractivity contribution in [2.45, 2.75) is 42.9 Å². The Balaban J connectivity index is 1.18. The molecule has 0 amide bonds. The second-order valence-electron chi connectivity index (χ2n) is 10.9. The van der Waals surface area contributed by atoms with Crippen LogP contribution in [-0.4, -0.2) is 109 Å². The summed E-state index contributed by atoms with van der Waals surface area (Å²) in [7, 11) is -4.74. The Hall–Kier alpha value is -3.18. The molecule has 7 heterocycles. The number of rotatable bonds is 2. The predicted molar refractivity (Wildman–Crippen MR) is 158 cm³/mol. The molecule has 0 saturated carbocycles. The van der Waals surface area contributed by atoms with Gasteiger partial charge in [-0.15, -0.1) is 0 Å². The maximum Gasteiger partial charge on any atom is 0.403 e. The molecule has 0 spiro atoms. The molecule has 0 aliphatic carbocycles. The molecule has 0 radical (unpaired) electrons. The summed E-state index contributed by atoms with van der Waals surface area (Å²) in [6, 6.07) is -1.34. The molecule has 0 bridgehead atoms. The van der Waals surface area contributed by atoms with Gasteiger partial charge in [0.1, 0.15) is 18.3 Å². The van der Waals surface area contributed by atoms with Crippen LogP contribution in [-0.2, 0) is 34.9 Å². The van der Waals surface area contributed by atoms with Gasteiger partial charge >= 0.3 is 7.75 Å². The van der Waals surface area contributed by atoms with Gasteiger partial charge in [0.15, 0.2) is 41.3 Å². The number of nitrogens with two attached hydrogens (primary N) is 2. The van der Waals surface area contributed by atoms with Crippen molar-refractivity contribution in [3.63, 3.8) is 0 Å². The molecule has 3 aliphatic heterocycles. The van der Waals surface area contributed by atoms with Gasteiger partial charge in [0, 0.05) is 12.1 Å². The Morgan fingerprint density at radius 3 is 1.98 bits per heavy atom. The number of aliphatic hydroxyl groups is 2. The first-order valence-electron chi connectivity index (χ1n) is 13.5. The first kappa shape index (κ1) is 31.4. The number of fused-ring (bicyclic) bond motifs is 4. The second-order valence-corrected chi connectivity index (χ2v) is 16.1. The number of anilines is 2. The summed E-state index contributed by atoms with van der Waals surface area (Å²) in [4.78, 5) is 67.3. The van der Waals surface area contributed by atoms with E-state index in [-0.39, 0.29) is 40.4 Å². The summed E-state index contributed by atoms with van der Waals surface area (Å²) in [6.07, 6.45) is -5.81. The van der Waals surface area contributed by atoms with Crippen molar-refractivity contribution in [2.24, 2.45) is 5.92 Å². The molecule has 4 aromatic heterocycles. The van der Waals surface area contributed by atoms with Gasteiger partial charge in [-0.25, -0.2) is 19.6 Å². The molecule has 4 aromatic rings. The van der Waals surface area contributed by atoms with Crippen LogP contribution in [0.4, 0.5) is 11.9 Å². The van der Waals surface area contributed by atoms with Gasteiger partial charge in [0.2, 0.25) is 11.9 Å². The normalized spacial score (nSPS) is 37.1. The molecule has 3 saturated heterocycles. The van der Waals surface area contributed by atoms with Crippen molar-refractivity contribution in [1.29, 1.82) is 0 Å². The lowest BCUT2D eigenvalue weighted by Gasteiger charge is -2.29. The van der Waals surface area contributed by atoms with Crippen LogP contribution in [0, 0.1) is 5.92 Å². The molecule has 11 N–H and O–H groups in total. The largest absolute Gasteiger partial charge is 0.403 e. The number of aromatic amines is 2. The summed E-state index contributed by atoms with van der Waals surface area (Å²) < 4.78 is 38.8. The highest BCUT2D eigenvalue weighted by molar-refractivity contribution is 8.09. The van der Waals surface area contributed by atoms with Crippen molar-refractivity contribution in [2.75, 3.05) is 30.8 Å². The smallest absolute Gasteiger partial charge is 0.388 e. The molecule has 10 atom stereocenters. The lowest BCUT2D eigenvalue weighted by molar-refractivity contribution is -0.0479. The third-order valence-electron chi connectivity index (χ3n) is 7.96. The number of H-pyrrole nitrogens is 2. The van der Waals surface area contributed by atoms with Gasteiger partial charge < -0.3 is 45.5 Å². The van der Waals surface area contributed by atoms with Crippen LogP contribution < -0.4 is 27.7 Å². The van der Waals surface area contributed by atoms with Crippen LogP contribution in [0.5, 0.6) is 0 Å². The molecule has 7 rings (SSSR count). The quantitative estimate of drug-likeness (QED) is 0.0937. The minimum absolute atomic E-state index is 0.000563.